The SMILES string of the molecule is Cc1ccccc1NC(=O)CSc1nnc(CC23CC4CC(CC(C4)C2)C3)n1C. The summed E-state index contributed by atoms with van der Waals surface area (Å²) in [5.74, 6) is 4.29. The first-order valence-electron chi connectivity index (χ1n) is 10.9. The number of carbonyl (C=O) groups is 1. The number of anilines is 1. The highest BCUT2D eigenvalue weighted by molar-refractivity contribution is 7.99. The Labute approximate surface area is 177 Å². The van der Waals surface area contributed by atoms with Crippen LogP contribution in [-0.2, 0) is 18.3 Å². The lowest BCUT2D eigenvalue weighted by atomic mass is 9.49. The summed E-state index contributed by atoms with van der Waals surface area (Å²) in [6, 6.07) is 7.85. The highest BCUT2D eigenvalue weighted by Gasteiger charge is 2.51. The van der Waals surface area contributed by atoms with Gasteiger partial charge in [-0.1, -0.05) is 30.0 Å². The van der Waals surface area contributed by atoms with Crippen molar-refractivity contribution in [1.82, 2.24) is 14.8 Å². The molecule has 154 valence electrons. The van der Waals surface area contributed by atoms with Gasteiger partial charge in [-0.05, 0) is 80.2 Å². The molecule has 4 saturated carbocycles. The van der Waals surface area contributed by atoms with E-state index in [1.807, 2.05) is 31.2 Å². The Morgan fingerprint density at radius 2 is 1.79 bits per heavy atom. The van der Waals surface area contributed by atoms with Crippen molar-refractivity contribution in [2.75, 3.05) is 11.1 Å². The molecule has 0 spiro atoms. The first kappa shape index (κ1) is 19.2. The monoisotopic (exact) mass is 410 g/mol. The molecule has 6 rings (SSSR count). The second-order valence-electron chi connectivity index (χ2n) is 9.70. The maximum atomic E-state index is 12.4. The third-order valence-corrected chi connectivity index (χ3v) is 8.40. The van der Waals surface area contributed by atoms with Crippen LogP contribution in [0.15, 0.2) is 29.4 Å². The number of aromatic nitrogens is 3. The van der Waals surface area contributed by atoms with Gasteiger partial charge in [-0.2, -0.15) is 0 Å². The van der Waals surface area contributed by atoms with Crippen molar-refractivity contribution >= 4 is 23.4 Å². The number of amides is 1. The maximum Gasteiger partial charge on any atom is 0.234 e. The van der Waals surface area contributed by atoms with Crippen molar-refractivity contribution in [3.63, 3.8) is 0 Å². The van der Waals surface area contributed by atoms with E-state index in [0.29, 0.717) is 11.2 Å². The van der Waals surface area contributed by atoms with Crippen molar-refractivity contribution in [3.8, 4) is 0 Å². The fourth-order valence-electron chi connectivity index (χ4n) is 6.50. The highest BCUT2D eigenvalue weighted by atomic mass is 32.2. The van der Waals surface area contributed by atoms with Crippen molar-refractivity contribution in [2.24, 2.45) is 30.2 Å². The molecule has 1 heterocycles. The van der Waals surface area contributed by atoms with Crippen LogP contribution in [-0.4, -0.2) is 26.4 Å². The largest absolute Gasteiger partial charge is 0.325 e. The Morgan fingerprint density at radius 1 is 1.14 bits per heavy atom. The van der Waals surface area contributed by atoms with Crippen LogP contribution in [0.1, 0.15) is 49.9 Å². The molecule has 0 radical (unpaired) electrons. The predicted octanol–water partition coefficient (Wildman–Crippen LogP) is 4.61. The number of nitrogens with zero attached hydrogens (tertiary/aromatic N) is 3. The molecule has 4 aliphatic rings. The highest BCUT2D eigenvalue weighted by Crippen LogP contribution is 2.60. The number of benzene rings is 1. The van der Waals surface area contributed by atoms with Gasteiger partial charge in [0, 0.05) is 19.2 Å². The van der Waals surface area contributed by atoms with Gasteiger partial charge in [-0.3, -0.25) is 4.79 Å². The van der Waals surface area contributed by atoms with E-state index in [4.69, 9.17) is 0 Å². The summed E-state index contributed by atoms with van der Waals surface area (Å²) in [6.45, 7) is 2.00. The number of carbonyl (C=O) groups excluding carboxylic acids is 1. The zero-order valence-electron chi connectivity index (χ0n) is 17.4. The summed E-state index contributed by atoms with van der Waals surface area (Å²) < 4.78 is 2.12. The molecule has 29 heavy (non-hydrogen) atoms. The maximum absolute atomic E-state index is 12.4. The second kappa shape index (κ2) is 7.46. The first-order chi connectivity index (χ1) is 14.0. The van der Waals surface area contributed by atoms with Crippen molar-refractivity contribution in [1.29, 1.82) is 0 Å². The van der Waals surface area contributed by atoms with Crippen LogP contribution in [0.2, 0.25) is 0 Å². The summed E-state index contributed by atoms with van der Waals surface area (Å²) in [6.07, 6.45) is 9.60. The van der Waals surface area contributed by atoms with E-state index in [1.54, 1.807) is 0 Å². The van der Waals surface area contributed by atoms with Crippen LogP contribution in [0.4, 0.5) is 5.69 Å². The zero-order valence-corrected chi connectivity index (χ0v) is 18.2. The van der Waals surface area contributed by atoms with E-state index in [1.165, 1.54) is 50.3 Å². The zero-order chi connectivity index (χ0) is 20.0. The van der Waals surface area contributed by atoms with Crippen LogP contribution in [0, 0.1) is 30.1 Å². The van der Waals surface area contributed by atoms with Gasteiger partial charge in [0.15, 0.2) is 5.16 Å². The summed E-state index contributed by atoms with van der Waals surface area (Å²) >= 11 is 1.47. The van der Waals surface area contributed by atoms with Crippen molar-refractivity contribution < 1.29 is 4.79 Å². The average Bonchev–Trinajstić information content (AvgIpc) is 3.00. The van der Waals surface area contributed by atoms with Gasteiger partial charge in [0.05, 0.1) is 5.75 Å². The molecule has 0 saturated heterocycles. The number of rotatable bonds is 6. The average molecular weight is 411 g/mol. The van der Waals surface area contributed by atoms with Crippen LogP contribution >= 0.6 is 11.8 Å². The quantitative estimate of drug-likeness (QED) is 0.706. The number of para-hydroxylation sites is 1. The number of hydrogen-bond acceptors (Lipinski definition) is 4. The van der Waals surface area contributed by atoms with Gasteiger partial charge in [-0.15, -0.1) is 10.2 Å². The molecule has 2 aromatic rings. The van der Waals surface area contributed by atoms with E-state index in [9.17, 15) is 4.79 Å². The normalized spacial score (nSPS) is 29.9. The lowest BCUT2D eigenvalue weighted by Gasteiger charge is -2.56. The van der Waals surface area contributed by atoms with Crippen LogP contribution in [0.3, 0.4) is 0 Å². The van der Waals surface area contributed by atoms with Crippen LogP contribution in [0.5, 0.6) is 0 Å². The minimum atomic E-state index is -0.00469. The summed E-state index contributed by atoms with van der Waals surface area (Å²) in [5.41, 5.74) is 2.40. The Balaban J connectivity index is 1.21. The van der Waals surface area contributed by atoms with Gasteiger partial charge in [0.1, 0.15) is 5.82 Å². The van der Waals surface area contributed by atoms with E-state index in [2.05, 4.69) is 27.1 Å². The summed E-state index contributed by atoms with van der Waals surface area (Å²) in [7, 11) is 2.05. The number of thioether (sulfide) groups is 1. The molecule has 4 bridgehead atoms. The Kier molecular flexibility index (Phi) is 4.93. The molecule has 5 nitrogen and oxygen atoms in total. The molecule has 0 unspecified atom stereocenters. The molecule has 0 atom stereocenters. The second-order valence-corrected chi connectivity index (χ2v) is 10.6. The lowest BCUT2D eigenvalue weighted by Crippen LogP contribution is -2.47. The molecule has 0 aliphatic heterocycles. The third kappa shape index (κ3) is 3.83. The lowest BCUT2D eigenvalue weighted by molar-refractivity contribution is -0.113. The van der Waals surface area contributed by atoms with Crippen LogP contribution < -0.4 is 5.32 Å². The molecular formula is C23H30N4OS. The number of nitrogens with one attached hydrogen (secondary N) is 1. The molecule has 1 aromatic heterocycles. The molecule has 1 amide bonds. The Bertz CT molecular complexity index is 886. The fourth-order valence-corrected chi connectivity index (χ4v) is 7.23. The minimum Gasteiger partial charge on any atom is -0.325 e. The standard InChI is InChI=1S/C23H30N4OS/c1-15-5-3-4-6-19(15)24-21(28)14-29-22-26-25-20(27(22)2)13-23-10-16-7-17(11-23)9-18(8-16)12-23/h3-6,16-18H,7-14H2,1-2H3,(H,24,28). The van der Waals surface area contributed by atoms with Gasteiger partial charge >= 0.3 is 0 Å². The predicted molar refractivity (Wildman–Crippen MR) is 116 cm³/mol. The first-order valence-corrected chi connectivity index (χ1v) is 11.8. The van der Waals surface area contributed by atoms with Crippen molar-refractivity contribution in [3.05, 3.63) is 35.7 Å². The van der Waals surface area contributed by atoms with E-state index < -0.39 is 0 Å². The summed E-state index contributed by atoms with van der Waals surface area (Å²) in [5, 5.41) is 12.8. The Morgan fingerprint density at radius 3 is 2.45 bits per heavy atom. The number of aryl methyl sites for hydroxylation is 1. The molecule has 1 aromatic carbocycles. The topological polar surface area (TPSA) is 59.8 Å². The van der Waals surface area contributed by atoms with E-state index in [0.717, 1.165) is 46.4 Å². The van der Waals surface area contributed by atoms with Crippen molar-refractivity contribution in [2.45, 2.75) is 57.0 Å². The van der Waals surface area contributed by atoms with Gasteiger partial charge in [0.25, 0.3) is 0 Å². The molecule has 4 fully saturated rings. The Hall–Kier alpha value is -1.82. The van der Waals surface area contributed by atoms with E-state index >= 15 is 0 Å². The number of hydrogen-bond donors (Lipinski definition) is 1. The van der Waals surface area contributed by atoms with Gasteiger partial charge in [-0.25, -0.2) is 0 Å². The van der Waals surface area contributed by atoms with Gasteiger partial charge < -0.3 is 9.88 Å². The molecule has 6 heteroatoms. The van der Waals surface area contributed by atoms with E-state index in [-0.39, 0.29) is 5.91 Å². The molecule has 4 aliphatic carbocycles. The summed E-state index contributed by atoms with van der Waals surface area (Å²) in [4.78, 5) is 12.4. The van der Waals surface area contributed by atoms with Crippen LogP contribution in [0.25, 0.3) is 0 Å². The smallest absolute Gasteiger partial charge is 0.234 e. The fraction of sp³-hybridized carbons (Fsp3) is 0.609. The minimum absolute atomic E-state index is 0.00469. The molecule has 1 N–H and O–H groups in total. The molecular weight excluding hydrogens is 380 g/mol. The third-order valence-electron chi connectivity index (χ3n) is 7.37. The van der Waals surface area contributed by atoms with Gasteiger partial charge in [0.2, 0.25) is 5.91 Å².